The maximum absolute atomic E-state index is 12.5. The highest BCUT2D eigenvalue weighted by molar-refractivity contribution is 6.05. The zero-order valence-electron chi connectivity index (χ0n) is 14.5. The van der Waals surface area contributed by atoms with Gasteiger partial charge < -0.3 is 15.4 Å². The molecule has 2 N–H and O–H groups in total. The monoisotopic (exact) mass is 353 g/mol. The van der Waals surface area contributed by atoms with Gasteiger partial charge in [0.05, 0.1) is 25.9 Å². The first kappa shape index (κ1) is 17.5. The third-order valence-corrected chi connectivity index (χ3v) is 4.10. The van der Waals surface area contributed by atoms with Crippen molar-refractivity contribution in [1.29, 1.82) is 0 Å². The molecule has 1 aliphatic rings. The lowest BCUT2D eigenvalue weighted by atomic mass is 10.1. The van der Waals surface area contributed by atoms with Crippen molar-refractivity contribution in [2.45, 2.75) is 13.5 Å². The van der Waals surface area contributed by atoms with Crippen LogP contribution in [0.1, 0.15) is 21.5 Å². The fourth-order valence-electron chi connectivity index (χ4n) is 2.67. The van der Waals surface area contributed by atoms with Crippen molar-refractivity contribution >= 4 is 23.5 Å². The second kappa shape index (κ2) is 7.26. The normalized spacial score (nSPS) is 13.5. The van der Waals surface area contributed by atoms with Crippen molar-refractivity contribution in [3.05, 3.63) is 59.2 Å². The summed E-state index contributed by atoms with van der Waals surface area (Å²) in [7, 11) is 1.55. The van der Waals surface area contributed by atoms with Gasteiger partial charge in [0.2, 0.25) is 5.91 Å². The van der Waals surface area contributed by atoms with E-state index in [4.69, 9.17) is 4.74 Å². The van der Waals surface area contributed by atoms with Gasteiger partial charge >= 0.3 is 6.03 Å². The average molecular weight is 353 g/mol. The third kappa shape index (κ3) is 3.66. The predicted molar refractivity (Wildman–Crippen MR) is 96.1 cm³/mol. The molecule has 7 heteroatoms. The number of nitrogens with zero attached hydrogens (tertiary/aromatic N) is 1. The molecule has 0 saturated carbocycles. The molecule has 0 atom stereocenters. The van der Waals surface area contributed by atoms with Gasteiger partial charge in [0.1, 0.15) is 5.75 Å². The number of amides is 4. The Balaban J connectivity index is 1.70. The first-order valence-electron chi connectivity index (χ1n) is 8.11. The van der Waals surface area contributed by atoms with Crippen LogP contribution >= 0.6 is 0 Å². The Bertz CT molecular complexity index is 846. The van der Waals surface area contributed by atoms with Crippen molar-refractivity contribution in [2.24, 2.45) is 0 Å². The fourth-order valence-corrected chi connectivity index (χ4v) is 2.67. The van der Waals surface area contributed by atoms with Crippen LogP contribution in [0, 0.1) is 6.92 Å². The third-order valence-electron chi connectivity index (χ3n) is 4.10. The van der Waals surface area contributed by atoms with E-state index < -0.39 is 6.03 Å². The molecular formula is C19H19N3O4. The van der Waals surface area contributed by atoms with Crippen LogP contribution in [-0.4, -0.2) is 36.4 Å². The van der Waals surface area contributed by atoms with E-state index in [-0.39, 0.29) is 24.9 Å². The van der Waals surface area contributed by atoms with Crippen molar-refractivity contribution < 1.29 is 19.1 Å². The number of carbonyl (C=O) groups excluding carboxylic acids is 3. The number of carbonyl (C=O) groups is 3. The number of rotatable bonds is 5. The van der Waals surface area contributed by atoms with Crippen molar-refractivity contribution in [1.82, 2.24) is 10.2 Å². The van der Waals surface area contributed by atoms with Crippen LogP contribution in [0.4, 0.5) is 10.5 Å². The van der Waals surface area contributed by atoms with Crippen LogP contribution in [0.3, 0.4) is 0 Å². The molecule has 2 aromatic rings. The van der Waals surface area contributed by atoms with Gasteiger partial charge in [-0.1, -0.05) is 18.2 Å². The summed E-state index contributed by atoms with van der Waals surface area (Å²) in [5, 5.41) is 5.31. The molecule has 1 fully saturated rings. The first-order valence-corrected chi connectivity index (χ1v) is 8.11. The summed E-state index contributed by atoms with van der Waals surface area (Å²) >= 11 is 0. The lowest BCUT2D eigenvalue weighted by Gasteiger charge is -2.13. The maximum Gasteiger partial charge on any atom is 0.324 e. The highest BCUT2D eigenvalue weighted by Gasteiger charge is 2.28. The number of anilines is 1. The Morgan fingerprint density at radius 2 is 1.92 bits per heavy atom. The lowest BCUT2D eigenvalue weighted by Crippen LogP contribution is -2.30. The number of urea groups is 1. The molecule has 0 spiro atoms. The molecule has 2 aromatic carbocycles. The summed E-state index contributed by atoms with van der Waals surface area (Å²) < 4.78 is 5.26. The van der Waals surface area contributed by atoms with E-state index in [9.17, 15) is 14.4 Å². The number of nitrogens with one attached hydrogen (secondary N) is 2. The summed E-state index contributed by atoms with van der Waals surface area (Å²) in [5.74, 6) is 0.0536. The smallest absolute Gasteiger partial charge is 0.324 e. The van der Waals surface area contributed by atoms with Crippen molar-refractivity contribution in [3.8, 4) is 5.75 Å². The molecule has 1 heterocycles. The molecule has 0 aliphatic carbocycles. The largest absolute Gasteiger partial charge is 0.495 e. The first-order chi connectivity index (χ1) is 12.5. The number of hydrogen-bond acceptors (Lipinski definition) is 4. The van der Waals surface area contributed by atoms with E-state index in [0.717, 1.165) is 16.0 Å². The van der Waals surface area contributed by atoms with Crippen LogP contribution in [0.25, 0.3) is 0 Å². The molecule has 0 unspecified atom stereocenters. The summed E-state index contributed by atoms with van der Waals surface area (Å²) in [5.41, 5.74) is 2.83. The second-order valence-corrected chi connectivity index (χ2v) is 5.99. The molecule has 3 rings (SSSR count). The molecule has 0 bridgehead atoms. The van der Waals surface area contributed by atoms with Gasteiger partial charge in [-0.05, 0) is 42.3 Å². The van der Waals surface area contributed by atoms with E-state index >= 15 is 0 Å². The fraction of sp³-hybridized carbons (Fsp3) is 0.211. The molecule has 7 nitrogen and oxygen atoms in total. The van der Waals surface area contributed by atoms with E-state index in [1.807, 2.05) is 19.1 Å². The van der Waals surface area contributed by atoms with Crippen LogP contribution in [0.5, 0.6) is 5.75 Å². The van der Waals surface area contributed by atoms with Gasteiger partial charge in [-0.2, -0.15) is 0 Å². The minimum absolute atomic E-state index is 0.0254. The average Bonchev–Trinajstić information content (AvgIpc) is 2.94. The second-order valence-electron chi connectivity index (χ2n) is 5.99. The van der Waals surface area contributed by atoms with Gasteiger partial charge in [0, 0.05) is 5.56 Å². The summed E-state index contributed by atoms with van der Waals surface area (Å²) in [6, 6.07) is 11.9. The summed E-state index contributed by atoms with van der Waals surface area (Å²) in [6.45, 7) is 2.13. The van der Waals surface area contributed by atoms with Crippen LogP contribution in [0.2, 0.25) is 0 Å². The van der Waals surface area contributed by atoms with Crippen LogP contribution in [-0.2, 0) is 11.3 Å². The zero-order valence-corrected chi connectivity index (χ0v) is 14.5. The molecule has 134 valence electrons. The van der Waals surface area contributed by atoms with Gasteiger partial charge in [-0.3, -0.25) is 14.5 Å². The highest BCUT2D eigenvalue weighted by Crippen LogP contribution is 2.25. The minimum atomic E-state index is -0.400. The van der Waals surface area contributed by atoms with E-state index in [1.165, 1.54) is 0 Å². The number of ether oxygens (including phenoxy) is 1. The van der Waals surface area contributed by atoms with Crippen LogP contribution in [0.15, 0.2) is 42.5 Å². The van der Waals surface area contributed by atoms with Gasteiger partial charge in [-0.25, -0.2) is 4.79 Å². The molecule has 1 aliphatic heterocycles. The molecular weight excluding hydrogens is 334 g/mol. The van der Waals surface area contributed by atoms with Gasteiger partial charge in [0.15, 0.2) is 0 Å². The van der Waals surface area contributed by atoms with E-state index in [0.29, 0.717) is 17.0 Å². The number of benzene rings is 2. The van der Waals surface area contributed by atoms with E-state index in [2.05, 4.69) is 10.6 Å². The predicted octanol–water partition coefficient (Wildman–Crippen LogP) is 2.31. The lowest BCUT2D eigenvalue weighted by molar-refractivity contribution is -0.125. The van der Waals surface area contributed by atoms with Gasteiger partial charge in [-0.15, -0.1) is 0 Å². The number of aryl methyl sites for hydroxylation is 1. The molecule has 0 aromatic heterocycles. The molecule has 1 saturated heterocycles. The SMILES string of the molecule is COc1ccc(C)cc1NC(=O)c1ccc(CN2C(=O)CNC2=O)cc1. The topological polar surface area (TPSA) is 87.7 Å². The Morgan fingerprint density at radius 1 is 1.19 bits per heavy atom. The minimum Gasteiger partial charge on any atom is -0.495 e. The number of imide groups is 1. The Kier molecular flexibility index (Phi) is 4.88. The number of methoxy groups -OCH3 is 1. The molecule has 26 heavy (non-hydrogen) atoms. The van der Waals surface area contributed by atoms with Crippen molar-refractivity contribution in [2.75, 3.05) is 19.0 Å². The van der Waals surface area contributed by atoms with E-state index in [1.54, 1.807) is 37.4 Å². The maximum atomic E-state index is 12.5. The Labute approximate surface area is 150 Å². The van der Waals surface area contributed by atoms with Crippen molar-refractivity contribution in [3.63, 3.8) is 0 Å². The zero-order chi connectivity index (χ0) is 18.7. The summed E-state index contributed by atoms with van der Waals surface area (Å²) in [4.78, 5) is 36.8. The Hall–Kier alpha value is -3.35. The van der Waals surface area contributed by atoms with Gasteiger partial charge in [0.25, 0.3) is 5.91 Å². The quantitative estimate of drug-likeness (QED) is 0.808. The summed E-state index contributed by atoms with van der Waals surface area (Å²) in [6.07, 6.45) is 0. The number of hydrogen-bond donors (Lipinski definition) is 2. The molecule has 4 amide bonds. The standard InChI is InChI=1S/C19H19N3O4/c1-12-3-8-16(26-2)15(9-12)21-18(24)14-6-4-13(5-7-14)11-22-17(23)10-20-19(22)25/h3-9H,10-11H2,1-2H3,(H,20,25)(H,21,24). The molecule has 0 radical (unpaired) electrons. The van der Waals surface area contributed by atoms with Crippen LogP contribution < -0.4 is 15.4 Å². The Morgan fingerprint density at radius 3 is 2.54 bits per heavy atom. The highest BCUT2D eigenvalue weighted by atomic mass is 16.5.